The molecule has 2 N–H and O–H groups in total. The van der Waals surface area contributed by atoms with Crippen LogP contribution in [0.4, 0.5) is 0 Å². The van der Waals surface area contributed by atoms with E-state index in [1.54, 1.807) is 0 Å². The lowest BCUT2D eigenvalue weighted by Gasteiger charge is -2.00. The van der Waals surface area contributed by atoms with Crippen LogP contribution in [0.3, 0.4) is 0 Å². The Morgan fingerprint density at radius 1 is 1.78 bits per heavy atom. The smallest absolute Gasteiger partial charge is 0.227 e. The van der Waals surface area contributed by atoms with E-state index in [9.17, 15) is 9.59 Å². The summed E-state index contributed by atoms with van der Waals surface area (Å²) < 4.78 is 0. The number of carbonyl (C=O) groups is 2. The Hall–Kier alpha value is -0.860. The Labute approximate surface area is 54.2 Å². The van der Waals surface area contributed by atoms with E-state index < -0.39 is 11.8 Å². The third-order valence-corrected chi connectivity index (χ3v) is 1.13. The molecule has 0 radical (unpaired) electrons. The Bertz CT molecular complexity index is 112. The van der Waals surface area contributed by atoms with Crippen molar-refractivity contribution in [2.24, 2.45) is 11.7 Å². The van der Waals surface area contributed by atoms with Crippen LogP contribution >= 0.6 is 0 Å². The molecule has 0 aliphatic rings. The van der Waals surface area contributed by atoms with Gasteiger partial charge in [-0.05, 0) is 6.42 Å². The van der Waals surface area contributed by atoms with Crippen molar-refractivity contribution in [1.29, 1.82) is 0 Å². The minimum Gasteiger partial charge on any atom is -0.369 e. The molecular formula is C6H11NO2. The van der Waals surface area contributed by atoms with Gasteiger partial charge < -0.3 is 10.5 Å². The molecule has 3 nitrogen and oxygen atoms in total. The summed E-state index contributed by atoms with van der Waals surface area (Å²) in [4.78, 5) is 20.3. The van der Waals surface area contributed by atoms with Crippen molar-refractivity contribution in [3.8, 4) is 0 Å². The molecule has 0 aromatic carbocycles. The van der Waals surface area contributed by atoms with Gasteiger partial charge in [0.1, 0.15) is 6.29 Å². The van der Waals surface area contributed by atoms with E-state index >= 15 is 0 Å². The lowest BCUT2D eigenvalue weighted by Crippen LogP contribution is -2.23. The molecule has 9 heavy (non-hydrogen) atoms. The average Bonchev–Trinajstić information content (AvgIpc) is 1.82. The molecule has 52 valence electrons. The van der Waals surface area contributed by atoms with Gasteiger partial charge in [-0.25, -0.2) is 0 Å². The fourth-order valence-corrected chi connectivity index (χ4v) is 0.588. The lowest BCUT2D eigenvalue weighted by molar-refractivity contribution is -0.126. The monoisotopic (exact) mass is 129 g/mol. The minimum absolute atomic E-state index is 0.521. The highest BCUT2D eigenvalue weighted by Crippen LogP contribution is 2.00. The standard InChI is InChI=1S/C6H11NO2/c1-2-3-5(4-8)6(7)9/h4-5H,2-3H2,1H3,(H2,7,9)/t5-/m0/s1. The van der Waals surface area contributed by atoms with Gasteiger partial charge in [-0.3, -0.25) is 4.79 Å². The van der Waals surface area contributed by atoms with Crippen molar-refractivity contribution in [2.45, 2.75) is 19.8 Å². The quantitative estimate of drug-likeness (QED) is 0.432. The maximum absolute atomic E-state index is 10.3. The molecule has 1 amide bonds. The van der Waals surface area contributed by atoms with E-state index in [1.165, 1.54) is 0 Å². The van der Waals surface area contributed by atoms with Gasteiger partial charge in [0, 0.05) is 0 Å². The summed E-state index contributed by atoms with van der Waals surface area (Å²) in [5, 5.41) is 0. The average molecular weight is 129 g/mol. The molecule has 0 aliphatic heterocycles. The van der Waals surface area contributed by atoms with E-state index in [2.05, 4.69) is 0 Å². The molecule has 0 saturated carbocycles. The molecule has 0 fully saturated rings. The predicted molar refractivity (Wildman–Crippen MR) is 33.7 cm³/mol. The van der Waals surface area contributed by atoms with E-state index in [1.807, 2.05) is 6.92 Å². The molecule has 0 bridgehead atoms. The van der Waals surface area contributed by atoms with Gasteiger partial charge >= 0.3 is 0 Å². The summed E-state index contributed by atoms with van der Waals surface area (Å²) in [7, 11) is 0. The maximum Gasteiger partial charge on any atom is 0.227 e. The van der Waals surface area contributed by atoms with Crippen LogP contribution in [0.1, 0.15) is 19.8 Å². The number of rotatable bonds is 4. The molecular weight excluding hydrogens is 118 g/mol. The van der Waals surface area contributed by atoms with Crippen molar-refractivity contribution in [1.82, 2.24) is 0 Å². The number of hydrogen-bond donors (Lipinski definition) is 1. The Morgan fingerprint density at radius 2 is 2.33 bits per heavy atom. The molecule has 0 spiro atoms. The number of amides is 1. The van der Waals surface area contributed by atoms with Crippen molar-refractivity contribution in [2.75, 3.05) is 0 Å². The van der Waals surface area contributed by atoms with E-state index in [4.69, 9.17) is 5.73 Å². The van der Waals surface area contributed by atoms with E-state index in [-0.39, 0.29) is 0 Å². The Kier molecular flexibility index (Phi) is 3.67. The number of aldehydes is 1. The SMILES string of the molecule is CCC[C@@H](C=O)C(N)=O. The second kappa shape index (κ2) is 4.06. The van der Waals surface area contributed by atoms with Crippen LogP contribution in [-0.4, -0.2) is 12.2 Å². The van der Waals surface area contributed by atoms with Gasteiger partial charge in [0.15, 0.2) is 0 Å². The summed E-state index contributed by atoms with van der Waals surface area (Å²) in [6, 6.07) is 0. The maximum atomic E-state index is 10.3. The zero-order chi connectivity index (χ0) is 7.28. The summed E-state index contributed by atoms with van der Waals surface area (Å²) in [6.45, 7) is 1.90. The predicted octanol–water partition coefficient (Wildman–Crippen LogP) is 0.0869. The molecule has 0 heterocycles. The van der Waals surface area contributed by atoms with Crippen LogP contribution in [-0.2, 0) is 9.59 Å². The van der Waals surface area contributed by atoms with Crippen LogP contribution in [0, 0.1) is 5.92 Å². The van der Waals surface area contributed by atoms with Crippen molar-refractivity contribution in [3.05, 3.63) is 0 Å². The zero-order valence-electron chi connectivity index (χ0n) is 5.46. The topological polar surface area (TPSA) is 60.2 Å². The first-order chi connectivity index (χ1) is 4.22. The molecule has 0 aromatic rings. The van der Waals surface area contributed by atoms with Crippen LogP contribution in [0.2, 0.25) is 0 Å². The van der Waals surface area contributed by atoms with E-state index in [0.29, 0.717) is 12.7 Å². The molecule has 0 rings (SSSR count). The molecule has 3 heteroatoms. The highest BCUT2D eigenvalue weighted by molar-refractivity contribution is 5.90. The summed E-state index contributed by atoms with van der Waals surface area (Å²) in [5.41, 5.74) is 4.86. The first kappa shape index (κ1) is 8.14. The molecule has 0 aromatic heterocycles. The molecule has 0 aliphatic carbocycles. The zero-order valence-corrected chi connectivity index (χ0v) is 5.46. The summed E-state index contributed by atoms with van der Waals surface area (Å²) in [5.74, 6) is -1.10. The number of carbonyl (C=O) groups excluding carboxylic acids is 2. The first-order valence-electron chi connectivity index (χ1n) is 2.97. The fraction of sp³-hybridized carbons (Fsp3) is 0.667. The van der Waals surface area contributed by atoms with Gasteiger partial charge in [0.05, 0.1) is 5.92 Å². The van der Waals surface area contributed by atoms with Crippen LogP contribution in [0.25, 0.3) is 0 Å². The molecule has 1 atom stereocenters. The summed E-state index contributed by atoms with van der Waals surface area (Å²) in [6.07, 6.45) is 1.98. The normalized spacial score (nSPS) is 12.6. The Balaban J connectivity index is 3.68. The second-order valence-corrected chi connectivity index (χ2v) is 1.93. The van der Waals surface area contributed by atoms with Gasteiger partial charge in [-0.15, -0.1) is 0 Å². The second-order valence-electron chi connectivity index (χ2n) is 1.93. The van der Waals surface area contributed by atoms with Gasteiger partial charge in [-0.2, -0.15) is 0 Å². The van der Waals surface area contributed by atoms with Gasteiger partial charge in [0.2, 0.25) is 5.91 Å². The van der Waals surface area contributed by atoms with Crippen molar-refractivity contribution >= 4 is 12.2 Å². The highest BCUT2D eigenvalue weighted by atomic mass is 16.2. The summed E-state index contributed by atoms with van der Waals surface area (Å²) >= 11 is 0. The first-order valence-corrected chi connectivity index (χ1v) is 2.97. The van der Waals surface area contributed by atoms with Crippen LogP contribution < -0.4 is 5.73 Å². The van der Waals surface area contributed by atoms with Crippen LogP contribution in [0.5, 0.6) is 0 Å². The van der Waals surface area contributed by atoms with Crippen molar-refractivity contribution < 1.29 is 9.59 Å². The number of primary amides is 1. The lowest BCUT2D eigenvalue weighted by atomic mass is 10.1. The molecule has 0 unspecified atom stereocenters. The minimum atomic E-state index is -0.574. The third-order valence-electron chi connectivity index (χ3n) is 1.13. The fourth-order valence-electron chi connectivity index (χ4n) is 0.588. The third kappa shape index (κ3) is 2.85. The number of hydrogen-bond acceptors (Lipinski definition) is 2. The van der Waals surface area contributed by atoms with E-state index in [0.717, 1.165) is 6.42 Å². The highest BCUT2D eigenvalue weighted by Gasteiger charge is 2.11. The van der Waals surface area contributed by atoms with Gasteiger partial charge in [0.25, 0.3) is 0 Å². The largest absolute Gasteiger partial charge is 0.369 e. The van der Waals surface area contributed by atoms with Crippen molar-refractivity contribution in [3.63, 3.8) is 0 Å². The van der Waals surface area contributed by atoms with Gasteiger partial charge in [-0.1, -0.05) is 13.3 Å². The number of nitrogens with two attached hydrogens (primary N) is 1. The van der Waals surface area contributed by atoms with Crippen LogP contribution in [0.15, 0.2) is 0 Å². The molecule has 0 saturated heterocycles. The Morgan fingerprint density at radius 3 is 2.44 bits per heavy atom.